The molecule has 0 saturated carbocycles. The molecule has 0 bridgehead atoms. The van der Waals surface area contributed by atoms with Crippen LogP contribution in [0.3, 0.4) is 0 Å². The van der Waals surface area contributed by atoms with E-state index in [4.69, 9.17) is 0 Å². The zero-order chi connectivity index (χ0) is 22.9. The molecule has 0 fully saturated rings. The Bertz CT molecular complexity index is 1040. The minimum Gasteiger partial charge on any atom is -0.481 e. The van der Waals surface area contributed by atoms with Crippen molar-refractivity contribution in [2.45, 2.75) is 18.5 Å². The first-order chi connectivity index (χ1) is 16.2. The smallest absolute Gasteiger partial charge is 0.304 e. The van der Waals surface area contributed by atoms with Crippen molar-refractivity contribution in [3.63, 3.8) is 0 Å². The van der Waals surface area contributed by atoms with Crippen molar-refractivity contribution >= 4 is 43.0 Å². The Balaban J connectivity index is 1.68. The molecule has 0 saturated heterocycles. The molecular formula is C29H28O2P2. The van der Waals surface area contributed by atoms with Gasteiger partial charge in [0.1, 0.15) is 0 Å². The van der Waals surface area contributed by atoms with Gasteiger partial charge < -0.3 is 5.11 Å². The van der Waals surface area contributed by atoms with Gasteiger partial charge in [0.25, 0.3) is 0 Å². The van der Waals surface area contributed by atoms with Crippen LogP contribution in [0, 0.1) is 0 Å². The van der Waals surface area contributed by atoms with Gasteiger partial charge >= 0.3 is 5.97 Å². The van der Waals surface area contributed by atoms with E-state index in [-0.39, 0.29) is 12.1 Å². The molecular weight excluding hydrogens is 442 g/mol. The Kier molecular flexibility index (Phi) is 8.42. The predicted molar refractivity (Wildman–Crippen MR) is 144 cm³/mol. The number of hydrogen-bond donors (Lipinski definition) is 1. The number of carbonyl (C=O) groups is 1. The second-order valence-corrected chi connectivity index (χ2v) is 12.7. The molecule has 1 unspecified atom stereocenters. The van der Waals surface area contributed by atoms with E-state index in [9.17, 15) is 9.90 Å². The third-order valence-corrected chi connectivity index (χ3v) is 11.1. The molecule has 0 aliphatic rings. The number of carboxylic acid groups (broad SMARTS) is 1. The van der Waals surface area contributed by atoms with E-state index in [2.05, 4.69) is 109 Å². The molecule has 0 aliphatic carbocycles. The maximum absolute atomic E-state index is 12.0. The molecule has 0 spiro atoms. The third kappa shape index (κ3) is 6.38. The maximum Gasteiger partial charge on any atom is 0.304 e. The van der Waals surface area contributed by atoms with Crippen molar-refractivity contribution < 1.29 is 9.90 Å². The number of hydrogen-bond acceptors (Lipinski definition) is 1. The van der Waals surface area contributed by atoms with E-state index >= 15 is 0 Å². The summed E-state index contributed by atoms with van der Waals surface area (Å²) in [6.07, 6.45) is 2.03. The summed E-state index contributed by atoms with van der Waals surface area (Å²) in [6, 6.07) is 42.3. The van der Waals surface area contributed by atoms with Crippen LogP contribution in [0.1, 0.15) is 12.8 Å². The largest absolute Gasteiger partial charge is 0.481 e. The highest BCUT2D eigenvalue weighted by atomic mass is 31.1. The molecule has 33 heavy (non-hydrogen) atoms. The Hall–Kier alpha value is -2.79. The lowest BCUT2D eigenvalue weighted by atomic mass is 10.2. The van der Waals surface area contributed by atoms with E-state index in [0.717, 1.165) is 12.6 Å². The topological polar surface area (TPSA) is 37.3 Å². The van der Waals surface area contributed by atoms with Gasteiger partial charge in [-0.25, -0.2) is 0 Å². The highest BCUT2D eigenvalue weighted by Crippen LogP contribution is 2.45. The summed E-state index contributed by atoms with van der Waals surface area (Å²) < 4.78 is 0. The van der Waals surface area contributed by atoms with Crippen LogP contribution in [0.25, 0.3) is 0 Å². The molecule has 4 rings (SSSR count). The molecule has 4 aromatic rings. The Labute approximate surface area is 198 Å². The fraction of sp³-hybridized carbons (Fsp3) is 0.138. The molecule has 0 aliphatic heterocycles. The summed E-state index contributed by atoms with van der Waals surface area (Å²) in [7, 11) is -1.34. The lowest BCUT2D eigenvalue weighted by Crippen LogP contribution is -2.26. The van der Waals surface area contributed by atoms with Gasteiger partial charge in [0, 0.05) is 0 Å². The average Bonchev–Trinajstić information content (AvgIpc) is 2.86. The van der Waals surface area contributed by atoms with Gasteiger partial charge in [-0.05, 0) is 55.3 Å². The van der Waals surface area contributed by atoms with E-state index in [1.54, 1.807) is 0 Å². The molecule has 0 heterocycles. The quantitative estimate of drug-likeness (QED) is 0.312. The number of aliphatic carboxylic acids is 1. The van der Waals surface area contributed by atoms with E-state index in [1.807, 2.05) is 12.1 Å². The van der Waals surface area contributed by atoms with E-state index in [0.29, 0.717) is 0 Å². The number of rotatable bonds is 10. The first-order valence-corrected chi connectivity index (χ1v) is 14.1. The summed E-state index contributed by atoms with van der Waals surface area (Å²) in [6.45, 7) is 0. The molecule has 0 aromatic heterocycles. The van der Waals surface area contributed by atoms with Gasteiger partial charge in [-0.3, -0.25) is 4.79 Å². The Morgan fingerprint density at radius 1 is 0.606 bits per heavy atom. The van der Waals surface area contributed by atoms with Crippen molar-refractivity contribution in [1.29, 1.82) is 0 Å². The molecule has 4 heteroatoms. The lowest BCUT2D eigenvalue weighted by molar-refractivity contribution is -0.137. The summed E-state index contributed by atoms with van der Waals surface area (Å²) in [5.41, 5.74) is 0.0692. The van der Waals surface area contributed by atoms with Crippen LogP contribution < -0.4 is 21.2 Å². The molecule has 1 atom stereocenters. The van der Waals surface area contributed by atoms with Crippen LogP contribution in [-0.4, -0.2) is 22.9 Å². The van der Waals surface area contributed by atoms with E-state index in [1.165, 1.54) is 21.2 Å². The maximum atomic E-state index is 12.0. The number of benzene rings is 4. The second kappa shape index (κ2) is 11.9. The van der Waals surface area contributed by atoms with Crippen molar-refractivity contribution in [3.05, 3.63) is 121 Å². The zero-order valence-corrected chi connectivity index (χ0v) is 20.3. The van der Waals surface area contributed by atoms with Gasteiger partial charge in [0.2, 0.25) is 0 Å². The zero-order valence-electron chi connectivity index (χ0n) is 18.5. The molecule has 166 valence electrons. The van der Waals surface area contributed by atoms with Crippen molar-refractivity contribution in [2.75, 3.05) is 6.16 Å². The summed E-state index contributed by atoms with van der Waals surface area (Å²) in [5.74, 6) is -0.719. The van der Waals surface area contributed by atoms with Gasteiger partial charge in [-0.2, -0.15) is 0 Å². The highest BCUT2D eigenvalue weighted by Gasteiger charge is 2.28. The van der Waals surface area contributed by atoms with Crippen LogP contribution >= 0.6 is 15.8 Å². The van der Waals surface area contributed by atoms with Crippen LogP contribution in [0.15, 0.2) is 121 Å². The normalized spacial score (nSPS) is 12.1. The first-order valence-electron chi connectivity index (χ1n) is 11.2. The molecule has 1 N–H and O–H groups in total. The fourth-order valence-electron chi connectivity index (χ4n) is 4.17. The SMILES string of the molecule is O=C(O)CC(CCP(c1ccccc1)c1ccccc1)P(c1ccccc1)c1ccccc1. The molecule has 0 amide bonds. The highest BCUT2D eigenvalue weighted by molar-refractivity contribution is 7.74. The minimum absolute atomic E-state index is 0.0692. The minimum atomic E-state index is -0.786. The van der Waals surface area contributed by atoms with Crippen molar-refractivity contribution in [3.8, 4) is 0 Å². The number of carboxylic acids is 1. The second-order valence-electron chi connectivity index (χ2n) is 7.90. The Morgan fingerprint density at radius 3 is 1.33 bits per heavy atom. The summed E-state index contributed by atoms with van der Waals surface area (Å²) in [5, 5.41) is 15.0. The lowest BCUT2D eigenvalue weighted by Gasteiger charge is -2.29. The average molecular weight is 470 g/mol. The Morgan fingerprint density at radius 2 is 0.970 bits per heavy atom. The van der Waals surface area contributed by atoms with Crippen molar-refractivity contribution in [2.24, 2.45) is 0 Å². The summed E-state index contributed by atoms with van der Waals surface area (Å²) >= 11 is 0. The third-order valence-electron chi connectivity index (χ3n) is 5.67. The van der Waals surface area contributed by atoms with Crippen LogP contribution in [0.4, 0.5) is 0 Å². The van der Waals surface area contributed by atoms with Gasteiger partial charge in [0.05, 0.1) is 6.42 Å². The fourth-order valence-corrected chi connectivity index (χ4v) is 9.68. The standard InChI is InChI=1S/C29H28O2P2/c30-29(31)23-28(33(26-17-9-3-10-18-26)27-19-11-4-12-20-27)21-22-32(24-13-5-1-6-14-24)25-15-7-2-8-16-25/h1-20,28H,21-23H2,(H,30,31). The van der Waals surface area contributed by atoms with Crippen LogP contribution in [-0.2, 0) is 4.79 Å². The van der Waals surface area contributed by atoms with Gasteiger partial charge in [-0.15, -0.1) is 0 Å². The van der Waals surface area contributed by atoms with Gasteiger partial charge in [-0.1, -0.05) is 121 Å². The van der Waals surface area contributed by atoms with Crippen LogP contribution in [0.2, 0.25) is 0 Å². The molecule has 4 aromatic carbocycles. The van der Waals surface area contributed by atoms with Gasteiger partial charge in [0.15, 0.2) is 0 Å². The van der Waals surface area contributed by atoms with Crippen LogP contribution in [0.5, 0.6) is 0 Å². The molecule has 2 nitrogen and oxygen atoms in total. The van der Waals surface area contributed by atoms with Crippen molar-refractivity contribution in [1.82, 2.24) is 0 Å². The molecule has 0 radical (unpaired) electrons. The first kappa shape index (κ1) is 23.4. The van der Waals surface area contributed by atoms with E-state index < -0.39 is 21.8 Å². The summed E-state index contributed by atoms with van der Waals surface area (Å²) in [4.78, 5) is 12.0. The predicted octanol–water partition coefficient (Wildman–Crippen LogP) is 5.49. The monoisotopic (exact) mass is 470 g/mol.